The predicted molar refractivity (Wildman–Crippen MR) is 72.7 cm³/mol. The maximum absolute atomic E-state index is 9.03. The van der Waals surface area contributed by atoms with Gasteiger partial charge in [-0.15, -0.1) is 11.8 Å². The first-order chi connectivity index (χ1) is 7.79. The number of rotatable bonds is 4. The molecule has 16 heavy (non-hydrogen) atoms. The van der Waals surface area contributed by atoms with Gasteiger partial charge in [0.05, 0.1) is 6.61 Å². The van der Waals surface area contributed by atoms with Crippen LogP contribution in [0, 0.1) is 5.92 Å². The van der Waals surface area contributed by atoms with Crippen LogP contribution in [0.25, 0.3) is 0 Å². The number of benzene rings is 1. The lowest BCUT2D eigenvalue weighted by Gasteiger charge is -2.10. The lowest BCUT2D eigenvalue weighted by Crippen LogP contribution is -1.96. The van der Waals surface area contributed by atoms with E-state index in [9.17, 15) is 0 Å². The summed E-state index contributed by atoms with van der Waals surface area (Å²) in [6, 6.07) is 6.12. The highest BCUT2D eigenvalue weighted by atomic mass is 79.9. The largest absolute Gasteiger partial charge is 0.392 e. The second-order valence-electron chi connectivity index (χ2n) is 4.38. The van der Waals surface area contributed by atoms with Gasteiger partial charge in [0.2, 0.25) is 0 Å². The molecule has 1 aliphatic rings. The van der Waals surface area contributed by atoms with Gasteiger partial charge in [0.1, 0.15) is 0 Å². The van der Waals surface area contributed by atoms with Crippen molar-refractivity contribution in [3.8, 4) is 0 Å². The summed E-state index contributed by atoms with van der Waals surface area (Å²) >= 11 is 5.50. The quantitative estimate of drug-likeness (QED) is 0.840. The summed E-state index contributed by atoms with van der Waals surface area (Å²) in [6.45, 7) is 0.117. The van der Waals surface area contributed by atoms with Crippen LogP contribution in [0.2, 0.25) is 0 Å². The predicted octanol–water partition coefficient (Wildman–Crippen LogP) is 4.22. The smallest absolute Gasteiger partial charge is 0.0682 e. The van der Waals surface area contributed by atoms with Crippen LogP contribution in [0.1, 0.15) is 31.2 Å². The van der Waals surface area contributed by atoms with Crippen LogP contribution in [0.15, 0.2) is 27.6 Å². The zero-order chi connectivity index (χ0) is 11.4. The molecule has 0 aromatic heterocycles. The van der Waals surface area contributed by atoms with E-state index in [-0.39, 0.29) is 6.61 Å². The first kappa shape index (κ1) is 12.5. The molecular formula is C13H17BrOS. The Morgan fingerprint density at radius 3 is 2.69 bits per heavy atom. The second-order valence-corrected chi connectivity index (χ2v) is 6.30. The van der Waals surface area contributed by atoms with Gasteiger partial charge in [-0.3, -0.25) is 0 Å². The molecule has 0 bridgehead atoms. The zero-order valence-electron chi connectivity index (χ0n) is 9.29. The van der Waals surface area contributed by atoms with E-state index in [2.05, 4.69) is 22.0 Å². The minimum atomic E-state index is 0.117. The van der Waals surface area contributed by atoms with Crippen LogP contribution in [0.4, 0.5) is 0 Å². The van der Waals surface area contributed by atoms with Gasteiger partial charge in [0.15, 0.2) is 0 Å². The molecule has 0 saturated heterocycles. The third-order valence-corrected chi connectivity index (χ3v) is 5.35. The highest BCUT2D eigenvalue weighted by Gasteiger charge is 2.15. The molecule has 1 N–H and O–H groups in total. The molecule has 1 fully saturated rings. The SMILES string of the molecule is OCc1ccc(SCC2CCCC2)c(Br)c1. The molecule has 1 saturated carbocycles. The van der Waals surface area contributed by atoms with E-state index < -0.39 is 0 Å². The molecule has 0 amide bonds. The van der Waals surface area contributed by atoms with Gasteiger partial charge in [-0.1, -0.05) is 18.9 Å². The summed E-state index contributed by atoms with van der Waals surface area (Å²) in [5.41, 5.74) is 0.970. The number of thioether (sulfide) groups is 1. The lowest BCUT2D eigenvalue weighted by atomic mass is 10.1. The molecule has 0 atom stereocenters. The van der Waals surface area contributed by atoms with Gasteiger partial charge < -0.3 is 5.11 Å². The highest BCUT2D eigenvalue weighted by molar-refractivity contribution is 9.10. The normalized spacial score (nSPS) is 16.9. The molecule has 0 heterocycles. The minimum Gasteiger partial charge on any atom is -0.392 e. The summed E-state index contributed by atoms with van der Waals surface area (Å²) in [5.74, 6) is 2.14. The molecule has 2 rings (SSSR count). The van der Waals surface area contributed by atoms with Crippen LogP contribution in [-0.2, 0) is 6.61 Å². The van der Waals surface area contributed by atoms with Gasteiger partial charge in [-0.05, 0) is 52.4 Å². The van der Waals surface area contributed by atoms with Crippen molar-refractivity contribution in [2.24, 2.45) is 5.92 Å². The van der Waals surface area contributed by atoms with Crippen molar-refractivity contribution < 1.29 is 5.11 Å². The average molecular weight is 301 g/mol. The van der Waals surface area contributed by atoms with E-state index in [1.807, 2.05) is 23.9 Å². The maximum atomic E-state index is 9.03. The Kier molecular flexibility index (Phi) is 4.74. The van der Waals surface area contributed by atoms with E-state index >= 15 is 0 Å². The van der Waals surface area contributed by atoms with Crippen LogP contribution >= 0.6 is 27.7 Å². The van der Waals surface area contributed by atoms with Gasteiger partial charge in [-0.2, -0.15) is 0 Å². The van der Waals surface area contributed by atoms with Crippen LogP contribution in [0.5, 0.6) is 0 Å². The standard InChI is InChI=1S/C13H17BrOS/c14-12-7-11(8-15)5-6-13(12)16-9-10-3-1-2-4-10/h5-7,10,15H,1-4,8-9H2. The van der Waals surface area contributed by atoms with Crippen molar-refractivity contribution in [2.45, 2.75) is 37.2 Å². The number of aliphatic hydroxyl groups excluding tert-OH is 1. The van der Waals surface area contributed by atoms with Gasteiger partial charge in [-0.25, -0.2) is 0 Å². The molecule has 88 valence electrons. The Morgan fingerprint density at radius 1 is 1.31 bits per heavy atom. The van der Waals surface area contributed by atoms with Gasteiger partial charge in [0, 0.05) is 15.1 Å². The van der Waals surface area contributed by atoms with E-state index in [1.54, 1.807) is 0 Å². The Hall–Kier alpha value is 0.01000. The molecule has 0 unspecified atom stereocenters. The molecule has 1 aromatic rings. The van der Waals surface area contributed by atoms with Crippen LogP contribution in [-0.4, -0.2) is 10.9 Å². The number of aliphatic hydroxyl groups is 1. The number of hydrogen-bond acceptors (Lipinski definition) is 2. The van der Waals surface area contributed by atoms with E-state index in [0.29, 0.717) is 0 Å². The van der Waals surface area contributed by atoms with Crippen LogP contribution in [0.3, 0.4) is 0 Å². The van der Waals surface area contributed by atoms with Crippen molar-refractivity contribution in [1.82, 2.24) is 0 Å². The first-order valence-electron chi connectivity index (χ1n) is 5.81. The molecule has 0 radical (unpaired) electrons. The summed E-state index contributed by atoms with van der Waals surface area (Å²) < 4.78 is 1.11. The lowest BCUT2D eigenvalue weighted by molar-refractivity contribution is 0.281. The van der Waals surface area contributed by atoms with Gasteiger partial charge >= 0.3 is 0 Å². The molecule has 3 heteroatoms. The van der Waals surface area contributed by atoms with Crippen molar-refractivity contribution in [3.63, 3.8) is 0 Å². The number of hydrogen-bond donors (Lipinski definition) is 1. The van der Waals surface area contributed by atoms with E-state index in [1.165, 1.54) is 36.3 Å². The second kappa shape index (κ2) is 6.08. The molecule has 1 aromatic carbocycles. The third-order valence-electron chi connectivity index (χ3n) is 3.13. The topological polar surface area (TPSA) is 20.2 Å². The van der Waals surface area contributed by atoms with Crippen LogP contribution < -0.4 is 0 Å². The molecule has 1 nitrogen and oxygen atoms in total. The van der Waals surface area contributed by atoms with E-state index in [4.69, 9.17) is 5.11 Å². The van der Waals surface area contributed by atoms with Crippen molar-refractivity contribution in [1.29, 1.82) is 0 Å². The summed E-state index contributed by atoms with van der Waals surface area (Å²) in [6.07, 6.45) is 5.63. The maximum Gasteiger partial charge on any atom is 0.0682 e. The molecule has 0 aliphatic heterocycles. The monoisotopic (exact) mass is 300 g/mol. The molecular weight excluding hydrogens is 284 g/mol. The van der Waals surface area contributed by atoms with Crippen molar-refractivity contribution in [3.05, 3.63) is 28.2 Å². The molecule has 1 aliphatic carbocycles. The summed E-state index contributed by atoms with van der Waals surface area (Å²) in [4.78, 5) is 1.30. The Morgan fingerprint density at radius 2 is 2.06 bits per heavy atom. The minimum absolute atomic E-state index is 0.117. The average Bonchev–Trinajstić information content (AvgIpc) is 2.80. The Labute approximate surface area is 110 Å². The third kappa shape index (κ3) is 3.25. The fraction of sp³-hybridized carbons (Fsp3) is 0.538. The summed E-state index contributed by atoms with van der Waals surface area (Å²) in [7, 11) is 0. The van der Waals surface area contributed by atoms with Crippen molar-refractivity contribution >= 4 is 27.7 Å². The highest BCUT2D eigenvalue weighted by Crippen LogP contribution is 2.34. The first-order valence-corrected chi connectivity index (χ1v) is 7.59. The van der Waals surface area contributed by atoms with Gasteiger partial charge in [0.25, 0.3) is 0 Å². The Balaban J connectivity index is 1.93. The Bertz CT molecular complexity index is 348. The zero-order valence-corrected chi connectivity index (χ0v) is 11.7. The fourth-order valence-electron chi connectivity index (χ4n) is 2.14. The summed E-state index contributed by atoms with van der Waals surface area (Å²) in [5, 5.41) is 9.03. The number of halogens is 1. The van der Waals surface area contributed by atoms with Crippen molar-refractivity contribution in [2.75, 3.05) is 5.75 Å². The van der Waals surface area contributed by atoms with E-state index in [0.717, 1.165) is 16.0 Å². The fourth-order valence-corrected chi connectivity index (χ4v) is 4.02. The molecule has 0 spiro atoms.